The Morgan fingerprint density at radius 3 is 2.87 bits per heavy atom. The summed E-state index contributed by atoms with van der Waals surface area (Å²) in [6, 6.07) is 4.15. The van der Waals surface area contributed by atoms with Crippen molar-refractivity contribution in [3.05, 3.63) is 29.6 Å². The Labute approximate surface area is 151 Å². The van der Waals surface area contributed by atoms with Crippen molar-refractivity contribution in [2.75, 3.05) is 13.1 Å². The number of nitrogens with zero attached hydrogens (tertiary/aromatic N) is 2. The third-order valence-electron chi connectivity index (χ3n) is 5.11. The number of amides is 1. The Morgan fingerprint density at radius 1 is 1.35 bits per heavy atom. The van der Waals surface area contributed by atoms with Crippen LogP contribution in [0.5, 0.6) is 0 Å². The summed E-state index contributed by atoms with van der Waals surface area (Å²) in [5.74, 6) is 0.104. The normalized spacial score (nSPS) is 27.0. The first-order valence-electron chi connectivity index (χ1n) is 8.09. The number of piperidine rings is 1. The molecule has 23 heavy (non-hydrogen) atoms. The fourth-order valence-electron chi connectivity index (χ4n) is 3.89. The van der Waals surface area contributed by atoms with Crippen molar-refractivity contribution < 1.29 is 4.79 Å². The lowest BCUT2D eigenvalue weighted by molar-refractivity contribution is 0.0373. The summed E-state index contributed by atoms with van der Waals surface area (Å²) in [4.78, 5) is 19.4. The van der Waals surface area contributed by atoms with Crippen LogP contribution in [-0.4, -0.2) is 40.5 Å². The lowest BCUT2D eigenvalue weighted by Crippen LogP contribution is -2.62. The molecule has 3 rings (SSSR count). The molecule has 0 aliphatic carbocycles. The van der Waals surface area contributed by atoms with Crippen LogP contribution in [0, 0.1) is 6.92 Å². The van der Waals surface area contributed by atoms with E-state index in [1.165, 1.54) is 12.8 Å². The Balaban J connectivity index is 0.00000132. The zero-order valence-electron chi connectivity index (χ0n) is 13.9. The number of nitrogens with one attached hydrogen (secondary N) is 1. The Hall–Kier alpha value is -0.840. The summed E-state index contributed by atoms with van der Waals surface area (Å²) in [6.07, 6.45) is 7.44. The molecule has 2 atom stereocenters. The zero-order chi connectivity index (χ0) is 14.9. The van der Waals surface area contributed by atoms with Crippen LogP contribution in [0.25, 0.3) is 0 Å². The van der Waals surface area contributed by atoms with Crippen LogP contribution >= 0.6 is 24.8 Å². The van der Waals surface area contributed by atoms with Crippen molar-refractivity contribution in [1.82, 2.24) is 15.2 Å². The second-order valence-electron chi connectivity index (χ2n) is 6.63. The highest BCUT2D eigenvalue weighted by atomic mass is 35.5. The third kappa shape index (κ3) is 3.98. The number of likely N-dealkylation sites (tertiary alicyclic amines) is 1. The first-order chi connectivity index (χ1) is 10.1. The molecule has 130 valence electrons. The smallest absolute Gasteiger partial charge is 0.273 e. The van der Waals surface area contributed by atoms with Gasteiger partial charge >= 0.3 is 0 Å². The van der Waals surface area contributed by atoms with Gasteiger partial charge in [0.25, 0.3) is 5.91 Å². The number of hydrogen-bond acceptors (Lipinski definition) is 3. The van der Waals surface area contributed by atoms with E-state index < -0.39 is 0 Å². The van der Waals surface area contributed by atoms with Crippen molar-refractivity contribution in [2.24, 2.45) is 0 Å². The number of aromatic nitrogens is 1. The SMILES string of the molecule is Cc1cccnc1C(=O)N1CCC[C@]2(C)NCCCC[C@H]12.Cl.Cl. The summed E-state index contributed by atoms with van der Waals surface area (Å²) in [5, 5.41) is 3.70. The number of hydrogen-bond donors (Lipinski definition) is 1. The van der Waals surface area contributed by atoms with Crippen molar-refractivity contribution in [1.29, 1.82) is 0 Å². The summed E-state index contributed by atoms with van der Waals surface area (Å²) in [5.41, 5.74) is 1.65. The van der Waals surface area contributed by atoms with E-state index >= 15 is 0 Å². The second-order valence-corrected chi connectivity index (χ2v) is 6.63. The van der Waals surface area contributed by atoms with Gasteiger partial charge in [0.1, 0.15) is 5.69 Å². The maximum atomic E-state index is 13.0. The summed E-state index contributed by atoms with van der Waals surface area (Å²) < 4.78 is 0. The number of carbonyl (C=O) groups excluding carboxylic acids is 1. The minimum atomic E-state index is 0. The van der Waals surface area contributed by atoms with Gasteiger partial charge in [-0.05, 0) is 57.7 Å². The van der Waals surface area contributed by atoms with E-state index in [0.717, 1.165) is 37.9 Å². The molecule has 2 fully saturated rings. The molecule has 1 aromatic rings. The summed E-state index contributed by atoms with van der Waals surface area (Å²) in [6.45, 7) is 6.18. The van der Waals surface area contributed by atoms with Crippen LogP contribution in [-0.2, 0) is 0 Å². The topological polar surface area (TPSA) is 45.2 Å². The molecule has 3 heterocycles. The van der Waals surface area contributed by atoms with E-state index in [0.29, 0.717) is 11.7 Å². The molecule has 1 amide bonds. The Morgan fingerprint density at radius 2 is 2.13 bits per heavy atom. The second kappa shape index (κ2) is 8.32. The monoisotopic (exact) mass is 359 g/mol. The van der Waals surface area contributed by atoms with Crippen molar-refractivity contribution in [3.63, 3.8) is 0 Å². The number of carbonyl (C=O) groups is 1. The van der Waals surface area contributed by atoms with E-state index in [4.69, 9.17) is 0 Å². The maximum Gasteiger partial charge on any atom is 0.273 e. The Bertz CT molecular complexity index is 540. The highest BCUT2D eigenvalue weighted by molar-refractivity contribution is 5.94. The molecule has 2 aliphatic heterocycles. The predicted molar refractivity (Wildman–Crippen MR) is 97.8 cm³/mol. The number of rotatable bonds is 1. The molecular formula is C17H27Cl2N3O. The third-order valence-corrected chi connectivity index (χ3v) is 5.11. The molecule has 0 radical (unpaired) electrons. The molecule has 0 bridgehead atoms. The lowest BCUT2D eigenvalue weighted by atomic mass is 9.81. The minimum Gasteiger partial charge on any atom is -0.332 e. The molecule has 6 heteroatoms. The van der Waals surface area contributed by atoms with Gasteiger partial charge in [-0.2, -0.15) is 0 Å². The van der Waals surface area contributed by atoms with Crippen molar-refractivity contribution >= 4 is 30.7 Å². The predicted octanol–water partition coefficient (Wildman–Crippen LogP) is 3.37. The fraction of sp³-hybridized carbons (Fsp3) is 0.647. The van der Waals surface area contributed by atoms with Gasteiger partial charge < -0.3 is 10.2 Å². The van der Waals surface area contributed by atoms with E-state index in [2.05, 4.69) is 22.1 Å². The van der Waals surface area contributed by atoms with Gasteiger partial charge in [-0.1, -0.05) is 12.5 Å². The van der Waals surface area contributed by atoms with E-state index in [9.17, 15) is 4.79 Å². The van der Waals surface area contributed by atoms with Crippen molar-refractivity contribution in [2.45, 2.75) is 57.5 Å². The standard InChI is InChI=1S/C17H25N3O.2ClH/c1-13-7-5-10-18-15(13)16(21)20-12-6-9-17(2)14(20)8-3-4-11-19-17;;/h5,7,10,14,19H,3-4,6,8-9,11-12H2,1-2H3;2*1H/t14-,17-;;/m0../s1. The molecule has 0 aromatic carbocycles. The highest BCUT2D eigenvalue weighted by Crippen LogP contribution is 2.33. The molecule has 0 unspecified atom stereocenters. The molecular weight excluding hydrogens is 333 g/mol. The van der Waals surface area contributed by atoms with Crippen molar-refractivity contribution in [3.8, 4) is 0 Å². The highest BCUT2D eigenvalue weighted by Gasteiger charge is 2.43. The quantitative estimate of drug-likeness (QED) is 0.835. The lowest BCUT2D eigenvalue weighted by Gasteiger charge is -2.48. The summed E-state index contributed by atoms with van der Waals surface area (Å²) >= 11 is 0. The first-order valence-corrected chi connectivity index (χ1v) is 8.09. The molecule has 1 N–H and O–H groups in total. The van der Waals surface area contributed by atoms with Gasteiger partial charge in [0.05, 0.1) is 0 Å². The molecule has 0 spiro atoms. The summed E-state index contributed by atoms with van der Waals surface area (Å²) in [7, 11) is 0. The molecule has 0 saturated carbocycles. The zero-order valence-corrected chi connectivity index (χ0v) is 15.5. The van der Waals surface area contributed by atoms with Crippen LogP contribution in [0.2, 0.25) is 0 Å². The van der Waals surface area contributed by atoms with Crippen LogP contribution < -0.4 is 5.32 Å². The number of pyridine rings is 1. The maximum absolute atomic E-state index is 13.0. The fourth-order valence-corrected chi connectivity index (χ4v) is 3.89. The molecule has 4 nitrogen and oxygen atoms in total. The average molecular weight is 360 g/mol. The molecule has 1 aromatic heterocycles. The number of halogens is 2. The van der Waals surface area contributed by atoms with Gasteiger partial charge in [-0.3, -0.25) is 9.78 Å². The molecule has 2 saturated heterocycles. The van der Waals surface area contributed by atoms with Gasteiger partial charge in [-0.25, -0.2) is 0 Å². The van der Waals surface area contributed by atoms with E-state index in [-0.39, 0.29) is 36.3 Å². The Kier molecular flexibility index (Phi) is 7.30. The van der Waals surface area contributed by atoms with Gasteiger partial charge in [0.15, 0.2) is 0 Å². The van der Waals surface area contributed by atoms with Crippen LogP contribution in [0.3, 0.4) is 0 Å². The molecule has 2 aliphatic rings. The van der Waals surface area contributed by atoms with E-state index in [1.807, 2.05) is 19.1 Å². The first kappa shape index (κ1) is 20.2. The average Bonchev–Trinajstić information content (AvgIpc) is 2.68. The van der Waals surface area contributed by atoms with E-state index in [1.54, 1.807) is 6.20 Å². The van der Waals surface area contributed by atoms with Gasteiger partial charge in [-0.15, -0.1) is 24.8 Å². The van der Waals surface area contributed by atoms with Gasteiger partial charge in [0.2, 0.25) is 0 Å². The van der Waals surface area contributed by atoms with Crippen LogP contribution in [0.4, 0.5) is 0 Å². The number of fused-ring (bicyclic) bond motifs is 1. The van der Waals surface area contributed by atoms with Crippen LogP contribution in [0.1, 0.15) is 55.1 Å². The minimum absolute atomic E-state index is 0. The van der Waals surface area contributed by atoms with Gasteiger partial charge in [0, 0.05) is 24.3 Å². The number of aryl methyl sites for hydroxylation is 1. The largest absolute Gasteiger partial charge is 0.332 e. The van der Waals surface area contributed by atoms with Crippen LogP contribution in [0.15, 0.2) is 18.3 Å².